The van der Waals surface area contributed by atoms with Gasteiger partial charge in [0.1, 0.15) is 5.78 Å². The van der Waals surface area contributed by atoms with Crippen LogP contribution in [0.4, 0.5) is 8.78 Å². The van der Waals surface area contributed by atoms with Crippen molar-refractivity contribution in [2.75, 3.05) is 0 Å². The highest BCUT2D eigenvalue weighted by Gasteiger charge is 2.12. The molecule has 0 aliphatic rings. The summed E-state index contributed by atoms with van der Waals surface area (Å²) in [5.41, 5.74) is 0.835. The van der Waals surface area contributed by atoms with Crippen molar-refractivity contribution in [1.29, 1.82) is 0 Å². The minimum absolute atomic E-state index is 0.0760. The van der Waals surface area contributed by atoms with Gasteiger partial charge in [-0.1, -0.05) is 35.9 Å². The zero-order valence-electron chi connectivity index (χ0n) is 10.00. The fourth-order valence-electron chi connectivity index (χ4n) is 1.83. The number of ketones is 1. The highest BCUT2D eigenvalue weighted by molar-refractivity contribution is 6.30. The average molecular weight is 281 g/mol. The Morgan fingerprint density at radius 3 is 2.53 bits per heavy atom. The molecule has 2 rings (SSSR count). The highest BCUT2D eigenvalue weighted by Crippen LogP contribution is 2.15. The third-order valence-corrected chi connectivity index (χ3v) is 2.94. The minimum atomic E-state index is -0.957. The van der Waals surface area contributed by atoms with Crippen molar-refractivity contribution in [3.8, 4) is 0 Å². The van der Waals surface area contributed by atoms with Crippen LogP contribution in [0.2, 0.25) is 5.02 Å². The molecule has 1 nitrogen and oxygen atoms in total. The Balaban J connectivity index is 2.08. The molecule has 0 aliphatic carbocycles. The molecule has 0 unspecified atom stereocenters. The molecule has 0 fully saturated rings. The largest absolute Gasteiger partial charge is 0.299 e. The van der Waals surface area contributed by atoms with Crippen LogP contribution < -0.4 is 0 Å². The van der Waals surface area contributed by atoms with Gasteiger partial charge in [0.15, 0.2) is 11.6 Å². The lowest BCUT2D eigenvalue weighted by atomic mass is 10.0. The van der Waals surface area contributed by atoms with Crippen molar-refractivity contribution in [2.45, 2.75) is 12.8 Å². The quantitative estimate of drug-likeness (QED) is 0.828. The van der Waals surface area contributed by atoms with Crippen LogP contribution in [0.5, 0.6) is 0 Å². The van der Waals surface area contributed by atoms with Crippen LogP contribution in [-0.4, -0.2) is 5.78 Å². The number of hydrogen-bond acceptors (Lipinski definition) is 1. The molecule has 0 amide bonds. The summed E-state index contributed by atoms with van der Waals surface area (Å²) in [4.78, 5) is 11.8. The molecule has 0 bridgehead atoms. The van der Waals surface area contributed by atoms with E-state index in [4.69, 9.17) is 11.6 Å². The van der Waals surface area contributed by atoms with Gasteiger partial charge >= 0.3 is 0 Å². The van der Waals surface area contributed by atoms with E-state index in [1.165, 1.54) is 12.1 Å². The summed E-state index contributed by atoms with van der Waals surface area (Å²) < 4.78 is 26.4. The second-order valence-corrected chi connectivity index (χ2v) is 4.67. The standard InChI is InChI=1S/C15H11ClF2O/c16-12-5-1-3-10(7-12)8-13(19)9-11-4-2-6-14(17)15(11)18/h1-7H,8-9H2. The van der Waals surface area contributed by atoms with E-state index in [1.807, 2.05) is 0 Å². The van der Waals surface area contributed by atoms with Crippen LogP contribution in [0.15, 0.2) is 42.5 Å². The van der Waals surface area contributed by atoms with E-state index in [0.717, 1.165) is 11.6 Å². The van der Waals surface area contributed by atoms with Gasteiger partial charge in [-0.15, -0.1) is 0 Å². The summed E-state index contributed by atoms with van der Waals surface area (Å²) in [5.74, 6) is -2.08. The molecule has 2 aromatic carbocycles. The molecule has 0 atom stereocenters. The van der Waals surface area contributed by atoms with Crippen LogP contribution in [0, 0.1) is 11.6 Å². The third-order valence-electron chi connectivity index (χ3n) is 2.71. The Morgan fingerprint density at radius 1 is 1.05 bits per heavy atom. The zero-order valence-corrected chi connectivity index (χ0v) is 10.8. The van der Waals surface area contributed by atoms with Crippen LogP contribution in [0.3, 0.4) is 0 Å². The van der Waals surface area contributed by atoms with Gasteiger partial charge in [0.05, 0.1) is 0 Å². The summed E-state index contributed by atoms with van der Waals surface area (Å²) in [6, 6.07) is 10.7. The molecule has 0 aromatic heterocycles. The van der Waals surface area contributed by atoms with E-state index in [-0.39, 0.29) is 24.2 Å². The first-order valence-corrected chi connectivity index (χ1v) is 6.13. The molecular formula is C15H11ClF2O. The number of Topliss-reactive ketones (excluding diaryl/α,β-unsaturated/α-hetero) is 1. The van der Waals surface area contributed by atoms with Crippen LogP contribution in [-0.2, 0) is 17.6 Å². The predicted octanol–water partition coefficient (Wildman–Crippen LogP) is 3.97. The van der Waals surface area contributed by atoms with Gasteiger partial charge in [-0.2, -0.15) is 0 Å². The molecule has 0 saturated carbocycles. The van der Waals surface area contributed by atoms with Gasteiger partial charge in [0.25, 0.3) is 0 Å². The molecule has 2 aromatic rings. The van der Waals surface area contributed by atoms with Gasteiger partial charge in [-0.3, -0.25) is 4.79 Å². The summed E-state index contributed by atoms with van der Waals surface area (Å²) >= 11 is 5.81. The van der Waals surface area contributed by atoms with Crippen LogP contribution in [0.25, 0.3) is 0 Å². The van der Waals surface area contributed by atoms with E-state index in [1.54, 1.807) is 24.3 Å². The zero-order chi connectivity index (χ0) is 13.8. The third kappa shape index (κ3) is 3.61. The first-order chi connectivity index (χ1) is 9.06. The number of hydrogen-bond donors (Lipinski definition) is 0. The maximum Gasteiger partial charge on any atom is 0.162 e. The maximum atomic E-state index is 13.4. The fourth-order valence-corrected chi connectivity index (χ4v) is 2.05. The molecule has 4 heteroatoms. The first-order valence-electron chi connectivity index (χ1n) is 5.75. The Morgan fingerprint density at radius 2 is 1.79 bits per heavy atom. The van der Waals surface area contributed by atoms with E-state index >= 15 is 0 Å². The van der Waals surface area contributed by atoms with Gasteiger partial charge in [-0.05, 0) is 29.3 Å². The van der Waals surface area contributed by atoms with Crippen molar-refractivity contribution >= 4 is 17.4 Å². The topological polar surface area (TPSA) is 17.1 Å². The first kappa shape index (κ1) is 13.7. The summed E-state index contributed by atoms with van der Waals surface area (Å²) in [6.07, 6.45) is 0.0205. The summed E-state index contributed by atoms with van der Waals surface area (Å²) in [5, 5.41) is 0.544. The average Bonchev–Trinajstić information content (AvgIpc) is 2.35. The highest BCUT2D eigenvalue weighted by atomic mass is 35.5. The number of benzene rings is 2. The van der Waals surface area contributed by atoms with Crippen molar-refractivity contribution in [2.24, 2.45) is 0 Å². The molecule has 0 N–H and O–H groups in total. The lowest BCUT2D eigenvalue weighted by molar-refractivity contribution is -0.117. The van der Waals surface area contributed by atoms with Crippen molar-refractivity contribution in [1.82, 2.24) is 0 Å². The molecule has 0 spiro atoms. The SMILES string of the molecule is O=C(Cc1cccc(Cl)c1)Cc1cccc(F)c1F. The smallest absolute Gasteiger partial charge is 0.162 e. The molecule has 0 saturated heterocycles. The van der Waals surface area contributed by atoms with E-state index < -0.39 is 11.6 Å². The Hall–Kier alpha value is -1.74. The molecular weight excluding hydrogens is 270 g/mol. The van der Waals surface area contributed by atoms with E-state index in [0.29, 0.717) is 5.02 Å². The number of carbonyl (C=O) groups is 1. The van der Waals surface area contributed by atoms with Crippen molar-refractivity contribution in [3.63, 3.8) is 0 Å². The monoisotopic (exact) mass is 280 g/mol. The summed E-state index contributed by atoms with van der Waals surface area (Å²) in [7, 11) is 0. The predicted molar refractivity (Wildman–Crippen MR) is 70.2 cm³/mol. The molecule has 0 aliphatic heterocycles. The van der Waals surface area contributed by atoms with E-state index in [2.05, 4.69) is 0 Å². The Kier molecular flexibility index (Phi) is 4.27. The second kappa shape index (κ2) is 5.93. The molecule has 0 heterocycles. The van der Waals surface area contributed by atoms with Gasteiger partial charge in [0, 0.05) is 17.9 Å². The van der Waals surface area contributed by atoms with Gasteiger partial charge in [-0.25, -0.2) is 8.78 Å². The van der Waals surface area contributed by atoms with Crippen molar-refractivity contribution < 1.29 is 13.6 Å². The molecule has 0 radical (unpaired) electrons. The fraction of sp³-hybridized carbons (Fsp3) is 0.133. The van der Waals surface area contributed by atoms with Crippen molar-refractivity contribution in [3.05, 3.63) is 70.2 Å². The number of carbonyl (C=O) groups excluding carboxylic acids is 1. The number of rotatable bonds is 4. The lowest BCUT2D eigenvalue weighted by Gasteiger charge is -2.04. The maximum absolute atomic E-state index is 13.4. The Labute approximate surface area is 114 Å². The molecule has 98 valence electrons. The van der Waals surface area contributed by atoms with Gasteiger partial charge < -0.3 is 0 Å². The Bertz CT molecular complexity index is 611. The van der Waals surface area contributed by atoms with Crippen LogP contribution in [0.1, 0.15) is 11.1 Å². The number of halogens is 3. The van der Waals surface area contributed by atoms with Gasteiger partial charge in [0.2, 0.25) is 0 Å². The summed E-state index contributed by atoms with van der Waals surface area (Å²) in [6.45, 7) is 0. The minimum Gasteiger partial charge on any atom is -0.299 e. The van der Waals surface area contributed by atoms with Crippen LogP contribution >= 0.6 is 11.6 Å². The molecule has 19 heavy (non-hydrogen) atoms. The second-order valence-electron chi connectivity index (χ2n) is 4.24. The van der Waals surface area contributed by atoms with E-state index in [9.17, 15) is 13.6 Å². The normalized spacial score (nSPS) is 10.5. The lowest BCUT2D eigenvalue weighted by Crippen LogP contribution is -2.08.